The smallest absolute Gasteiger partial charge is 0.266 e. The van der Waals surface area contributed by atoms with Crippen LogP contribution in [0.1, 0.15) is 41.8 Å². The second kappa shape index (κ2) is 5.22. The molecule has 5 heteroatoms. The van der Waals surface area contributed by atoms with Crippen molar-refractivity contribution in [1.82, 2.24) is 9.97 Å². The van der Waals surface area contributed by atoms with Gasteiger partial charge in [-0.3, -0.25) is 4.79 Å². The maximum absolute atomic E-state index is 12.2. The maximum Gasteiger partial charge on any atom is 0.266 e. The zero-order chi connectivity index (χ0) is 14.1. The van der Waals surface area contributed by atoms with Crippen LogP contribution in [0.5, 0.6) is 0 Å². The maximum atomic E-state index is 12.2. The quantitative estimate of drug-likeness (QED) is 0.819. The number of aromatic amines is 1. The Balaban J connectivity index is 2.36. The standard InChI is InChI=1S/C15H15N3OS/c1-9-14(20-8-17-9)13-10-5-3-2-4-6-12(10)18-15(19)11(13)7-16/h8H,2-6H2,1H3,(H,18,19). The number of nitrogens with one attached hydrogen (secondary N) is 1. The lowest BCUT2D eigenvalue weighted by Gasteiger charge is -2.13. The number of pyridine rings is 1. The second-order valence-corrected chi connectivity index (χ2v) is 5.96. The zero-order valence-corrected chi connectivity index (χ0v) is 12.1. The van der Waals surface area contributed by atoms with Crippen LogP contribution < -0.4 is 5.56 Å². The highest BCUT2D eigenvalue weighted by Gasteiger charge is 2.22. The molecule has 0 saturated heterocycles. The van der Waals surface area contributed by atoms with Crippen molar-refractivity contribution in [3.8, 4) is 16.5 Å². The fraction of sp³-hybridized carbons (Fsp3) is 0.400. The summed E-state index contributed by atoms with van der Waals surface area (Å²) < 4.78 is 0. The van der Waals surface area contributed by atoms with E-state index in [9.17, 15) is 10.1 Å². The number of H-pyrrole nitrogens is 1. The number of thiazole rings is 1. The SMILES string of the molecule is Cc1ncsc1-c1c2c([nH]c(=O)c1C#N)CCCCC2. The summed E-state index contributed by atoms with van der Waals surface area (Å²) in [5.41, 5.74) is 5.61. The molecule has 1 aliphatic carbocycles. The third-order valence-corrected chi connectivity index (χ3v) is 4.79. The lowest BCUT2D eigenvalue weighted by atomic mass is 9.96. The zero-order valence-electron chi connectivity index (χ0n) is 11.3. The summed E-state index contributed by atoms with van der Waals surface area (Å²) in [5.74, 6) is 0. The molecule has 2 heterocycles. The van der Waals surface area contributed by atoms with E-state index in [0.717, 1.165) is 53.1 Å². The van der Waals surface area contributed by atoms with E-state index < -0.39 is 0 Å². The van der Waals surface area contributed by atoms with Crippen molar-refractivity contribution in [2.75, 3.05) is 0 Å². The Bertz CT molecular complexity index is 751. The molecule has 0 fully saturated rings. The minimum atomic E-state index is -0.268. The molecule has 0 radical (unpaired) electrons. The molecule has 1 aliphatic rings. The van der Waals surface area contributed by atoms with Crippen molar-refractivity contribution in [3.05, 3.63) is 38.4 Å². The third-order valence-electron chi connectivity index (χ3n) is 3.85. The van der Waals surface area contributed by atoms with Gasteiger partial charge in [0, 0.05) is 11.3 Å². The molecule has 0 atom stereocenters. The minimum absolute atomic E-state index is 0.234. The molecule has 0 spiro atoms. The van der Waals surface area contributed by atoms with Crippen LogP contribution in [-0.4, -0.2) is 9.97 Å². The average molecular weight is 285 g/mol. The monoisotopic (exact) mass is 285 g/mol. The van der Waals surface area contributed by atoms with Gasteiger partial charge < -0.3 is 4.98 Å². The van der Waals surface area contributed by atoms with E-state index in [1.165, 1.54) is 17.8 Å². The summed E-state index contributed by atoms with van der Waals surface area (Å²) in [6, 6.07) is 2.09. The van der Waals surface area contributed by atoms with Gasteiger partial charge in [-0.15, -0.1) is 11.3 Å². The molecule has 102 valence electrons. The Morgan fingerprint density at radius 2 is 2.15 bits per heavy atom. The van der Waals surface area contributed by atoms with Gasteiger partial charge >= 0.3 is 0 Å². The van der Waals surface area contributed by atoms with Gasteiger partial charge in [-0.25, -0.2) is 4.98 Å². The Labute approximate surface area is 121 Å². The van der Waals surface area contributed by atoms with Crippen molar-refractivity contribution in [3.63, 3.8) is 0 Å². The third kappa shape index (κ3) is 2.06. The number of hydrogen-bond acceptors (Lipinski definition) is 4. The predicted octanol–water partition coefficient (Wildman–Crippen LogP) is 2.95. The summed E-state index contributed by atoms with van der Waals surface area (Å²) in [4.78, 5) is 20.3. The first kappa shape index (κ1) is 13.1. The molecular weight excluding hydrogens is 270 g/mol. The molecule has 0 amide bonds. The van der Waals surface area contributed by atoms with Crippen LogP contribution in [0, 0.1) is 18.3 Å². The Kier molecular flexibility index (Phi) is 3.41. The molecule has 2 aromatic heterocycles. The lowest BCUT2D eigenvalue weighted by molar-refractivity contribution is 0.708. The van der Waals surface area contributed by atoms with Crippen LogP contribution >= 0.6 is 11.3 Å². The Morgan fingerprint density at radius 3 is 2.85 bits per heavy atom. The summed E-state index contributed by atoms with van der Waals surface area (Å²) in [7, 11) is 0. The number of nitrogens with zero attached hydrogens (tertiary/aromatic N) is 2. The predicted molar refractivity (Wildman–Crippen MR) is 78.9 cm³/mol. The van der Waals surface area contributed by atoms with Gasteiger partial charge in [-0.1, -0.05) is 6.42 Å². The van der Waals surface area contributed by atoms with Gasteiger partial charge in [-0.2, -0.15) is 5.26 Å². The number of nitriles is 1. The molecule has 3 rings (SSSR count). The van der Waals surface area contributed by atoms with Crippen LogP contribution in [-0.2, 0) is 12.8 Å². The van der Waals surface area contributed by atoms with Crippen LogP contribution in [0.3, 0.4) is 0 Å². The van der Waals surface area contributed by atoms with E-state index in [2.05, 4.69) is 16.0 Å². The molecule has 2 aromatic rings. The lowest BCUT2D eigenvalue weighted by Crippen LogP contribution is -2.17. The topological polar surface area (TPSA) is 69.5 Å². The van der Waals surface area contributed by atoms with Crippen LogP contribution in [0.25, 0.3) is 10.4 Å². The molecule has 1 N–H and O–H groups in total. The number of aromatic nitrogens is 2. The summed E-state index contributed by atoms with van der Waals surface area (Å²) in [6.45, 7) is 1.93. The molecule has 0 aromatic carbocycles. The fourth-order valence-corrected chi connectivity index (χ4v) is 3.74. The average Bonchev–Trinajstić information content (AvgIpc) is 2.71. The van der Waals surface area contributed by atoms with E-state index in [1.807, 2.05) is 6.92 Å². The Morgan fingerprint density at radius 1 is 1.35 bits per heavy atom. The molecule has 0 aliphatic heterocycles. The van der Waals surface area contributed by atoms with Crippen molar-refractivity contribution < 1.29 is 0 Å². The van der Waals surface area contributed by atoms with Crippen LogP contribution in [0.4, 0.5) is 0 Å². The minimum Gasteiger partial charge on any atom is -0.325 e. The highest BCUT2D eigenvalue weighted by atomic mass is 32.1. The number of fused-ring (bicyclic) bond motifs is 1. The van der Waals surface area contributed by atoms with Gasteiger partial charge in [-0.05, 0) is 38.2 Å². The fourth-order valence-electron chi connectivity index (χ4n) is 2.86. The first-order chi connectivity index (χ1) is 9.72. The van der Waals surface area contributed by atoms with Crippen molar-refractivity contribution in [2.45, 2.75) is 39.0 Å². The van der Waals surface area contributed by atoms with Gasteiger partial charge in [0.2, 0.25) is 0 Å². The Hall–Kier alpha value is -1.93. The molecule has 0 bridgehead atoms. The highest BCUT2D eigenvalue weighted by Crippen LogP contribution is 2.35. The van der Waals surface area contributed by atoms with E-state index >= 15 is 0 Å². The number of rotatable bonds is 1. The van der Waals surface area contributed by atoms with E-state index in [-0.39, 0.29) is 11.1 Å². The van der Waals surface area contributed by atoms with Gasteiger partial charge in [0.15, 0.2) is 0 Å². The first-order valence-corrected chi connectivity index (χ1v) is 7.69. The van der Waals surface area contributed by atoms with Gasteiger partial charge in [0.1, 0.15) is 11.6 Å². The molecule has 0 saturated carbocycles. The summed E-state index contributed by atoms with van der Waals surface area (Å²) in [6.07, 6.45) is 5.18. The summed E-state index contributed by atoms with van der Waals surface area (Å²) >= 11 is 1.51. The van der Waals surface area contributed by atoms with E-state index in [0.29, 0.717) is 0 Å². The van der Waals surface area contributed by atoms with Crippen molar-refractivity contribution in [1.29, 1.82) is 5.26 Å². The number of aryl methyl sites for hydroxylation is 2. The molecule has 4 nitrogen and oxygen atoms in total. The van der Waals surface area contributed by atoms with Gasteiger partial charge in [0.05, 0.1) is 16.1 Å². The van der Waals surface area contributed by atoms with Gasteiger partial charge in [0.25, 0.3) is 5.56 Å². The summed E-state index contributed by atoms with van der Waals surface area (Å²) in [5, 5.41) is 9.38. The number of hydrogen-bond donors (Lipinski definition) is 1. The van der Waals surface area contributed by atoms with Crippen LogP contribution in [0.2, 0.25) is 0 Å². The normalized spacial score (nSPS) is 14.4. The van der Waals surface area contributed by atoms with Crippen molar-refractivity contribution in [2.24, 2.45) is 0 Å². The van der Waals surface area contributed by atoms with E-state index in [4.69, 9.17) is 0 Å². The van der Waals surface area contributed by atoms with E-state index in [1.54, 1.807) is 5.51 Å². The molecule has 0 unspecified atom stereocenters. The first-order valence-electron chi connectivity index (χ1n) is 6.81. The van der Waals surface area contributed by atoms with Crippen LogP contribution in [0.15, 0.2) is 10.3 Å². The largest absolute Gasteiger partial charge is 0.325 e. The highest BCUT2D eigenvalue weighted by molar-refractivity contribution is 7.13. The second-order valence-electron chi connectivity index (χ2n) is 5.10. The molecular formula is C15H15N3OS. The molecule has 20 heavy (non-hydrogen) atoms. The van der Waals surface area contributed by atoms with Crippen molar-refractivity contribution >= 4 is 11.3 Å².